The maximum Gasteiger partial charge on any atom is 0.0701 e. The van der Waals surface area contributed by atoms with Gasteiger partial charge in [-0.1, -0.05) is 12.5 Å². The lowest BCUT2D eigenvalue weighted by atomic mass is 10.1. The molecule has 0 aliphatic heterocycles. The molecule has 84 valence electrons. The van der Waals surface area contributed by atoms with Gasteiger partial charge in [-0.3, -0.25) is 0 Å². The number of rotatable bonds is 6. The maximum atomic E-state index is 3.95. The van der Waals surface area contributed by atoms with Crippen LogP contribution in [-0.2, 0) is 0 Å². The van der Waals surface area contributed by atoms with E-state index >= 15 is 0 Å². The van der Waals surface area contributed by atoms with Gasteiger partial charge in [0, 0.05) is 10.9 Å². The Balaban J connectivity index is 2.60. The van der Waals surface area contributed by atoms with E-state index in [0.29, 0.717) is 6.04 Å². The van der Waals surface area contributed by atoms with Crippen LogP contribution < -0.4 is 5.32 Å². The van der Waals surface area contributed by atoms with Crippen molar-refractivity contribution in [3.63, 3.8) is 0 Å². The molecule has 0 saturated carbocycles. The monoisotopic (exact) mass is 287 g/mol. The van der Waals surface area contributed by atoms with Crippen LogP contribution in [0.2, 0.25) is 0 Å². The van der Waals surface area contributed by atoms with Crippen LogP contribution in [0.1, 0.15) is 37.6 Å². The summed E-state index contributed by atoms with van der Waals surface area (Å²) in [5, 5.41) is 3.52. The second-order valence-corrected chi connectivity index (χ2v) is 6.24. The van der Waals surface area contributed by atoms with E-state index in [1.54, 1.807) is 0 Å². The van der Waals surface area contributed by atoms with Gasteiger partial charge >= 0.3 is 0 Å². The normalized spacial score (nSPS) is 12.7. The SMILES string of the molecule is C=C(C)CCC(NCC)c1ccc(Br)s1. The zero-order valence-corrected chi connectivity index (χ0v) is 11.7. The minimum atomic E-state index is 0.475. The zero-order valence-electron chi connectivity index (χ0n) is 9.35. The van der Waals surface area contributed by atoms with Gasteiger partial charge in [-0.05, 0) is 54.4 Å². The van der Waals surface area contributed by atoms with Crippen LogP contribution in [0.15, 0.2) is 28.1 Å². The Morgan fingerprint density at radius 2 is 2.33 bits per heavy atom. The Morgan fingerprint density at radius 3 is 2.80 bits per heavy atom. The molecule has 3 heteroatoms. The Kier molecular flexibility index (Phi) is 5.58. The summed E-state index contributed by atoms with van der Waals surface area (Å²) in [5.41, 5.74) is 1.26. The molecule has 1 atom stereocenters. The van der Waals surface area contributed by atoms with Crippen molar-refractivity contribution in [1.29, 1.82) is 0 Å². The van der Waals surface area contributed by atoms with Crippen LogP contribution in [0.25, 0.3) is 0 Å². The first-order valence-corrected chi connectivity index (χ1v) is 6.87. The van der Waals surface area contributed by atoms with Crippen molar-refractivity contribution < 1.29 is 0 Å². The van der Waals surface area contributed by atoms with Crippen molar-refractivity contribution in [2.24, 2.45) is 0 Å². The molecule has 1 aromatic heterocycles. The lowest BCUT2D eigenvalue weighted by Crippen LogP contribution is -2.19. The standard InChI is InChI=1S/C12H18BrNS/c1-4-14-10(6-5-9(2)3)11-7-8-12(13)15-11/h7-8,10,14H,2,4-6H2,1,3H3. The molecule has 15 heavy (non-hydrogen) atoms. The lowest BCUT2D eigenvalue weighted by molar-refractivity contribution is 0.522. The topological polar surface area (TPSA) is 12.0 Å². The van der Waals surface area contributed by atoms with Gasteiger partial charge < -0.3 is 5.32 Å². The zero-order chi connectivity index (χ0) is 11.3. The van der Waals surface area contributed by atoms with E-state index in [9.17, 15) is 0 Å². The molecule has 0 aromatic carbocycles. The van der Waals surface area contributed by atoms with Gasteiger partial charge in [-0.2, -0.15) is 0 Å². The van der Waals surface area contributed by atoms with Crippen molar-refractivity contribution in [2.45, 2.75) is 32.7 Å². The van der Waals surface area contributed by atoms with Gasteiger partial charge in [0.05, 0.1) is 3.79 Å². The van der Waals surface area contributed by atoms with E-state index in [1.165, 1.54) is 14.2 Å². The Bertz CT molecular complexity index is 319. The summed E-state index contributed by atoms with van der Waals surface area (Å²) in [5.74, 6) is 0. The molecule has 0 saturated heterocycles. The van der Waals surface area contributed by atoms with E-state index < -0.39 is 0 Å². The fourth-order valence-corrected chi connectivity index (χ4v) is 3.03. The Hall–Kier alpha value is -0.120. The molecule has 1 heterocycles. The van der Waals surface area contributed by atoms with Crippen molar-refractivity contribution in [3.05, 3.63) is 32.9 Å². The number of halogens is 1. The smallest absolute Gasteiger partial charge is 0.0701 e. The number of hydrogen-bond acceptors (Lipinski definition) is 2. The van der Waals surface area contributed by atoms with Crippen molar-refractivity contribution in [2.75, 3.05) is 6.54 Å². The summed E-state index contributed by atoms with van der Waals surface area (Å²) in [4.78, 5) is 1.41. The van der Waals surface area contributed by atoms with E-state index in [4.69, 9.17) is 0 Å². The highest BCUT2D eigenvalue weighted by Crippen LogP contribution is 2.30. The summed E-state index contributed by atoms with van der Waals surface area (Å²) in [6, 6.07) is 4.79. The average molecular weight is 288 g/mol. The lowest BCUT2D eigenvalue weighted by Gasteiger charge is -2.16. The fraction of sp³-hybridized carbons (Fsp3) is 0.500. The molecule has 0 aliphatic carbocycles. The van der Waals surface area contributed by atoms with E-state index in [0.717, 1.165) is 19.4 Å². The molecule has 0 fully saturated rings. The number of hydrogen-bond donors (Lipinski definition) is 1. The van der Waals surface area contributed by atoms with Crippen LogP contribution in [0.3, 0.4) is 0 Å². The molecule has 1 rings (SSSR count). The molecule has 0 bridgehead atoms. The molecular formula is C12H18BrNS. The molecular weight excluding hydrogens is 270 g/mol. The summed E-state index contributed by atoms with van der Waals surface area (Å²) in [6.07, 6.45) is 2.23. The van der Waals surface area contributed by atoms with Crippen LogP contribution in [-0.4, -0.2) is 6.54 Å². The maximum absolute atomic E-state index is 3.95. The van der Waals surface area contributed by atoms with E-state index in [1.807, 2.05) is 11.3 Å². The largest absolute Gasteiger partial charge is 0.310 e. The van der Waals surface area contributed by atoms with Gasteiger partial charge in [0.25, 0.3) is 0 Å². The van der Waals surface area contributed by atoms with Gasteiger partial charge in [-0.25, -0.2) is 0 Å². The number of allylic oxidation sites excluding steroid dienone is 1. The van der Waals surface area contributed by atoms with Crippen LogP contribution >= 0.6 is 27.3 Å². The Labute approximate surface area is 105 Å². The molecule has 0 radical (unpaired) electrons. The molecule has 0 amide bonds. The summed E-state index contributed by atoms with van der Waals surface area (Å²) in [7, 11) is 0. The summed E-state index contributed by atoms with van der Waals surface area (Å²) < 4.78 is 1.20. The molecule has 1 unspecified atom stereocenters. The van der Waals surface area contributed by atoms with Crippen molar-refractivity contribution in [1.82, 2.24) is 5.32 Å². The Morgan fingerprint density at radius 1 is 1.60 bits per heavy atom. The van der Waals surface area contributed by atoms with Crippen LogP contribution in [0, 0.1) is 0 Å². The molecule has 1 aromatic rings. The summed E-state index contributed by atoms with van der Waals surface area (Å²) >= 11 is 5.32. The van der Waals surface area contributed by atoms with Crippen LogP contribution in [0.4, 0.5) is 0 Å². The first kappa shape index (κ1) is 12.9. The van der Waals surface area contributed by atoms with Crippen molar-refractivity contribution in [3.8, 4) is 0 Å². The van der Waals surface area contributed by atoms with Gasteiger partial charge in [0.15, 0.2) is 0 Å². The number of nitrogens with one attached hydrogen (secondary N) is 1. The average Bonchev–Trinajstić information content (AvgIpc) is 2.59. The van der Waals surface area contributed by atoms with Gasteiger partial charge in [0.1, 0.15) is 0 Å². The second-order valence-electron chi connectivity index (χ2n) is 3.75. The summed E-state index contributed by atoms with van der Waals surface area (Å²) in [6.45, 7) is 9.20. The van der Waals surface area contributed by atoms with Crippen LogP contribution in [0.5, 0.6) is 0 Å². The predicted octanol–water partition coefficient (Wildman–Crippen LogP) is 4.52. The highest BCUT2D eigenvalue weighted by atomic mass is 79.9. The first-order valence-electron chi connectivity index (χ1n) is 5.26. The fourth-order valence-electron chi connectivity index (χ4n) is 1.50. The molecule has 1 N–H and O–H groups in total. The highest BCUT2D eigenvalue weighted by Gasteiger charge is 2.11. The van der Waals surface area contributed by atoms with E-state index in [-0.39, 0.29) is 0 Å². The minimum Gasteiger partial charge on any atom is -0.310 e. The third-order valence-corrected chi connectivity index (χ3v) is 3.99. The first-order chi connectivity index (χ1) is 7.13. The molecule has 0 spiro atoms. The molecule has 1 nitrogen and oxygen atoms in total. The van der Waals surface area contributed by atoms with Gasteiger partial charge in [0.2, 0.25) is 0 Å². The minimum absolute atomic E-state index is 0.475. The van der Waals surface area contributed by atoms with Crippen molar-refractivity contribution >= 4 is 27.3 Å². The number of thiophene rings is 1. The highest BCUT2D eigenvalue weighted by molar-refractivity contribution is 9.11. The molecule has 0 aliphatic rings. The quantitative estimate of drug-likeness (QED) is 0.759. The second kappa shape index (κ2) is 6.46. The third kappa shape index (κ3) is 4.49. The predicted molar refractivity (Wildman–Crippen MR) is 72.5 cm³/mol. The third-order valence-electron chi connectivity index (χ3n) is 2.25. The van der Waals surface area contributed by atoms with E-state index in [2.05, 4.69) is 53.8 Å². The van der Waals surface area contributed by atoms with Gasteiger partial charge in [-0.15, -0.1) is 17.9 Å².